The number of aromatic nitrogens is 4. The molecule has 0 unspecified atom stereocenters. The summed E-state index contributed by atoms with van der Waals surface area (Å²) in [5, 5.41) is 10.9. The number of hydrogen-bond donors (Lipinski definition) is 0. The second kappa shape index (κ2) is 10.3. The van der Waals surface area contributed by atoms with E-state index in [1.165, 1.54) is 36.1 Å². The van der Waals surface area contributed by atoms with Gasteiger partial charge in [-0.25, -0.2) is 0 Å². The maximum absolute atomic E-state index is 6.37. The summed E-state index contributed by atoms with van der Waals surface area (Å²) in [6, 6.07) is 10.6. The van der Waals surface area contributed by atoms with Gasteiger partial charge >= 0.3 is 0 Å². The van der Waals surface area contributed by atoms with Crippen LogP contribution in [0.15, 0.2) is 42.7 Å². The predicted octanol–water partition coefficient (Wildman–Crippen LogP) is 4.53. The molecule has 0 saturated carbocycles. The molecule has 1 fully saturated rings. The minimum atomic E-state index is 0.287. The van der Waals surface area contributed by atoms with Crippen LogP contribution in [0.2, 0.25) is 0 Å². The molecule has 7 rings (SSSR count). The molecule has 9 nitrogen and oxygen atoms in total. The van der Waals surface area contributed by atoms with E-state index in [-0.39, 0.29) is 6.79 Å². The van der Waals surface area contributed by atoms with Gasteiger partial charge < -0.3 is 23.8 Å². The molecule has 39 heavy (non-hydrogen) atoms. The van der Waals surface area contributed by atoms with Gasteiger partial charge in [-0.1, -0.05) is 5.21 Å². The Balaban J connectivity index is 1.05. The number of pyridine rings is 1. The minimum Gasteiger partial charge on any atom is -0.493 e. The van der Waals surface area contributed by atoms with Crippen molar-refractivity contribution in [2.45, 2.75) is 51.6 Å². The van der Waals surface area contributed by atoms with Crippen LogP contribution in [0.3, 0.4) is 0 Å². The fourth-order valence-corrected chi connectivity index (χ4v) is 5.92. The first-order valence-corrected chi connectivity index (χ1v) is 14.0. The van der Waals surface area contributed by atoms with E-state index in [1.807, 2.05) is 10.7 Å². The lowest BCUT2D eigenvalue weighted by molar-refractivity contribution is -0.686. The highest BCUT2D eigenvalue weighted by molar-refractivity contribution is 5.91. The van der Waals surface area contributed by atoms with Crippen molar-refractivity contribution < 1.29 is 23.5 Å². The van der Waals surface area contributed by atoms with Crippen LogP contribution in [0, 0.1) is 0 Å². The zero-order valence-electron chi connectivity index (χ0n) is 22.4. The van der Waals surface area contributed by atoms with Crippen LogP contribution in [-0.2, 0) is 19.5 Å². The Morgan fingerprint density at radius 3 is 2.77 bits per heavy atom. The molecule has 0 bridgehead atoms. The number of anilines is 1. The summed E-state index contributed by atoms with van der Waals surface area (Å²) in [4.78, 5) is 2.34. The van der Waals surface area contributed by atoms with Crippen molar-refractivity contribution in [3.63, 3.8) is 0 Å². The van der Waals surface area contributed by atoms with Gasteiger partial charge in [-0.3, -0.25) is 4.68 Å². The highest BCUT2D eigenvalue weighted by atomic mass is 16.7. The molecule has 0 radical (unpaired) electrons. The molecule has 9 heteroatoms. The van der Waals surface area contributed by atoms with Gasteiger partial charge in [0.15, 0.2) is 41.6 Å². The second-order valence-corrected chi connectivity index (χ2v) is 10.5. The third kappa shape index (κ3) is 4.60. The zero-order valence-corrected chi connectivity index (χ0v) is 22.4. The smallest absolute Gasteiger partial charge is 0.231 e. The lowest BCUT2D eigenvalue weighted by Gasteiger charge is -2.25. The molecule has 2 aromatic carbocycles. The molecule has 1 saturated heterocycles. The minimum absolute atomic E-state index is 0.287. The van der Waals surface area contributed by atoms with E-state index in [4.69, 9.17) is 18.9 Å². The standard InChI is InChI=1S/C30H34N5O4/c1-36-26-8-7-21-15-25-23-17-28-27(38-20-39-28)16-22(23)9-13-34(25)18-24(21)30(26)37-14-6-5-12-35-19-29(31-32-35)33-10-3-2-4-11-33/h7-8,15-19H,2-6,9-14,20H2,1H3/q+1. The monoisotopic (exact) mass is 528 g/mol. The van der Waals surface area contributed by atoms with Crippen LogP contribution in [0.25, 0.3) is 22.0 Å². The fourth-order valence-electron chi connectivity index (χ4n) is 5.92. The molecular formula is C30H34N5O4+. The Bertz CT molecular complexity index is 1510. The number of ether oxygens (including phenoxy) is 4. The molecule has 202 valence electrons. The van der Waals surface area contributed by atoms with E-state index in [2.05, 4.69) is 56.4 Å². The number of hydrogen-bond acceptors (Lipinski definition) is 7. The Hall–Kier alpha value is -4.01. The first-order chi connectivity index (χ1) is 19.3. The number of nitrogens with zero attached hydrogens (tertiary/aromatic N) is 5. The highest BCUT2D eigenvalue weighted by Gasteiger charge is 2.28. The van der Waals surface area contributed by atoms with Crippen LogP contribution in [0.4, 0.5) is 5.82 Å². The van der Waals surface area contributed by atoms with E-state index in [9.17, 15) is 0 Å². The molecule has 4 aromatic rings. The molecule has 3 aliphatic heterocycles. The van der Waals surface area contributed by atoms with Crippen LogP contribution in [0.5, 0.6) is 23.0 Å². The molecule has 0 N–H and O–H groups in total. The topological polar surface area (TPSA) is 74.8 Å². The van der Waals surface area contributed by atoms with Crippen LogP contribution in [0.1, 0.15) is 37.7 Å². The van der Waals surface area contributed by atoms with E-state index < -0.39 is 0 Å². The molecular weight excluding hydrogens is 494 g/mol. The van der Waals surface area contributed by atoms with Gasteiger partial charge in [-0.2, -0.15) is 4.57 Å². The maximum Gasteiger partial charge on any atom is 0.231 e. The lowest BCUT2D eigenvalue weighted by atomic mass is 9.95. The summed E-state index contributed by atoms with van der Waals surface area (Å²) in [5.74, 6) is 4.21. The Morgan fingerprint density at radius 2 is 1.90 bits per heavy atom. The summed E-state index contributed by atoms with van der Waals surface area (Å²) < 4.78 is 27.6. The predicted molar refractivity (Wildman–Crippen MR) is 147 cm³/mol. The second-order valence-electron chi connectivity index (χ2n) is 10.5. The Morgan fingerprint density at radius 1 is 1.03 bits per heavy atom. The quantitative estimate of drug-likeness (QED) is 0.246. The van der Waals surface area contributed by atoms with Gasteiger partial charge in [-0.05, 0) is 67.3 Å². The van der Waals surface area contributed by atoms with Crippen LogP contribution >= 0.6 is 0 Å². The molecule has 0 spiro atoms. The first kappa shape index (κ1) is 24.1. The number of aryl methyl sites for hydroxylation is 3. The summed E-state index contributed by atoms with van der Waals surface area (Å²) in [6.45, 7) is 4.79. The van der Waals surface area contributed by atoms with Gasteiger partial charge in [0.1, 0.15) is 0 Å². The molecule has 5 heterocycles. The van der Waals surface area contributed by atoms with Gasteiger partial charge in [-0.15, -0.1) is 5.10 Å². The summed E-state index contributed by atoms with van der Waals surface area (Å²) in [7, 11) is 1.70. The Kier molecular flexibility index (Phi) is 6.34. The zero-order chi connectivity index (χ0) is 26.2. The Labute approximate surface area is 227 Å². The van der Waals surface area contributed by atoms with Gasteiger partial charge in [0.25, 0.3) is 0 Å². The van der Waals surface area contributed by atoms with E-state index in [0.29, 0.717) is 6.61 Å². The van der Waals surface area contributed by atoms with Crippen LogP contribution < -0.4 is 28.4 Å². The summed E-state index contributed by atoms with van der Waals surface area (Å²) >= 11 is 0. The highest BCUT2D eigenvalue weighted by Crippen LogP contribution is 2.41. The van der Waals surface area contributed by atoms with E-state index in [0.717, 1.165) is 85.0 Å². The largest absolute Gasteiger partial charge is 0.493 e. The average molecular weight is 529 g/mol. The van der Waals surface area contributed by atoms with Crippen molar-refractivity contribution in [1.82, 2.24) is 15.0 Å². The van der Waals surface area contributed by atoms with Gasteiger partial charge in [0.05, 0.1) is 30.9 Å². The number of fused-ring (bicyclic) bond motifs is 5. The third-order valence-electron chi connectivity index (χ3n) is 8.03. The van der Waals surface area contributed by atoms with Crippen molar-refractivity contribution >= 4 is 16.6 Å². The number of piperidine rings is 1. The molecule has 0 aliphatic carbocycles. The van der Waals surface area contributed by atoms with E-state index >= 15 is 0 Å². The normalized spacial score (nSPS) is 15.8. The molecule has 2 aromatic heterocycles. The van der Waals surface area contributed by atoms with Crippen LogP contribution in [-0.4, -0.2) is 48.6 Å². The van der Waals surface area contributed by atoms with Gasteiger partial charge in [0.2, 0.25) is 12.5 Å². The van der Waals surface area contributed by atoms with Crippen molar-refractivity contribution in [2.75, 3.05) is 38.5 Å². The first-order valence-electron chi connectivity index (χ1n) is 14.0. The summed E-state index contributed by atoms with van der Waals surface area (Å²) in [5.41, 5.74) is 3.66. The van der Waals surface area contributed by atoms with Gasteiger partial charge in [0, 0.05) is 32.1 Å². The molecule has 0 amide bonds. The average Bonchev–Trinajstić information content (AvgIpc) is 3.65. The molecule has 3 aliphatic rings. The van der Waals surface area contributed by atoms with Crippen molar-refractivity contribution in [3.05, 3.63) is 48.3 Å². The number of benzene rings is 2. The summed E-state index contributed by atoms with van der Waals surface area (Å²) in [6.07, 6.45) is 10.9. The van der Waals surface area contributed by atoms with Crippen molar-refractivity contribution in [3.8, 4) is 34.3 Å². The third-order valence-corrected chi connectivity index (χ3v) is 8.03. The maximum atomic E-state index is 6.37. The van der Waals surface area contributed by atoms with E-state index in [1.54, 1.807) is 7.11 Å². The molecule has 0 atom stereocenters. The van der Waals surface area contributed by atoms with Crippen molar-refractivity contribution in [1.29, 1.82) is 0 Å². The number of methoxy groups -OCH3 is 1. The number of unbranched alkanes of at least 4 members (excludes halogenated alkanes) is 1. The fraction of sp³-hybridized carbons (Fsp3) is 0.433. The number of rotatable bonds is 8. The lowest BCUT2D eigenvalue weighted by Crippen LogP contribution is -2.40. The SMILES string of the molecule is COc1ccc2cc3[n+](cc2c1OCCCCn1cc(N2CCCCC2)nn1)CCc1cc2c(cc1-3)OCO2. The van der Waals surface area contributed by atoms with Crippen molar-refractivity contribution in [2.24, 2.45) is 0 Å².